The summed E-state index contributed by atoms with van der Waals surface area (Å²) >= 11 is 3.51. The average Bonchev–Trinajstić information content (AvgIpc) is 2.81. The van der Waals surface area contributed by atoms with Crippen molar-refractivity contribution >= 4 is 27.6 Å². The zero-order valence-corrected chi connectivity index (χ0v) is 12.6. The summed E-state index contributed by atoms with van der Waals surface area (Å²) in [5, 5.41) is 0. The third-order valence-electron chi connectivity index (χ3n) is 3.48. The first kappa shape index (κ1) is 13.2. The van der Waals surface area contributed by atoms with Crippen LogP contribution in [0.1, 0.15) is 5.56 Å². The van der Waals surface area contributed by atoms with Gasteiger partial charge in [0.25, 0.3) is 0 Å². The first-order chi connectivity index (χ1) is 9.74. The van der Waals surface area contributed by atoms with Gasteiger partial charge in [-0.2, -0.15) is 0 Å². The van der Waals surface area contributed by atoms with Crippen molar-refractivity contribution in [2.24, 2.45) is 10.7 Å². The summed E-state index contributed by atoms with van der Waals surface area (Å²) in [6, 6.07) is 18.9. The molecule has 1 aliphatic heterocycles. The number of hydrogen-bond donors (Lipinski definition) is 1. The van der Waals surface area contributed by atoms with Crippen molar-refractivity contribution in [3.8, 4) is 0 Å². The van der Waals surface area contributed by atoms with Crippen LogP contribution in [0.4, 0.5) is 5.69 Å². The molecule has 1 heterocycles. The van der Waals surface area contributed by atoms with E-state index in [-0.39, 0.29) is 6.04 Å². The van der Waals surface area contributed by atoms with Gasteiger partial charge in [-0.15, -0.1) is 0 Å². The Hall–Kier alpha value is -1.81. The molecule has 20 heavy (non-hydrogen) atoms. The van der Waals surface area contributed by atoms with Gasteiger partial charge in [-0.3, -0.25) is 4.99 Å². The molecule has 3 nitrogen and oxygen atoms in total. The van der Waals surface area contributed by atoms with Crippen LogP contribution in [0.2, 0.25) is 0 Å². The highest BCUT2D eigenvalue weighted by molar-refractivity contribution is 9.10. The summed E-state index contributed by atoms with van der Waals surface area (Å²) in [6.07, 6.45) is 0.942. The third kappa shape index (κ3) is 2.70. The highest BCUT2D eigenvalue weighted by atomic mass is 79.9. The number of benzene rings is 2. The average molecular weight is 330 g/mol. The van der Waals surface area contributed by atoms with Gasteiger partial charge in [0.1, 0.15) is 0 Å². The number of aliphatic imine (C=N–C) groups is 1. The summed E-state index contributed by atoms with van der Waals surface area (Å²) in [7, 11) is 0. The molecule has 0 aromatic heterocycles. The maximum absolute atomic E-state index is 6.07. The number of rotatable bonds is 3. The molecule has 0 spiro atoms. The Kier molecular flexibility index (Phi) is 3.74. The molecule has 0 fully saturated rings. The zero-order valence-electron chi connectivity index (χ0n) is 11.0. The molecule has 1 unspecified atom stereocenters. The predicted octanol–water partition coefficient (Wildman–Crippen LogP) is 3.20. The van der Waals surface area contributed by atoms with Crippen LogP contribution >= 0.6 is 15.9 Å². The van der Waals surface area contributed by atoms with Crippen LogP contribution in [-0.2, 0) is 6.42 Å². The minimum Gasteiger partial charge on any atom is -0.370 e. The Labute approximate surface area is 127 Å². The van der Waals surface area contributed by atoms with E-state index in [2.05, 4.69) is 62.2 Å². The minimum atomic E-state index is 0.284. The van der Waals surface area contributed by atoms with Crippen molar-refractivity contribution in [1.29, 1.82) is 0 Å². The van der Waals surface area contributed by atoms with E-state index < -0.39 is 0 Å². The fourth-order valence-electron chi connectivity index (χ4n) is 2.55. The SMILES string of the molecule is NC1=NCC(Cc2ccccc2)N1c1cccc(Br)c1. The van der Waals surface area contributed by atoms with Gasteiger partial charge in [-0.05, 0) is 30.2 Å². The van der Waals surface area contributed by atoms with Crippen molar-refractivity contribution in [3.63, 3.8) is 0 Å². The number of nitrogens with zero attached hydrogens (tertiary/aromatic N) is 2. The lowest BCUT2D eigenvalue weighted by atomic mass is 10.0. The van der Waals surface area contributed by atoms with Crippen LogP contribution in [0.15, 0.2) is 64.1 Å². The summed E-state index contributed by atoms with van der Waals surface area (Å²) in [5.41, 5.74) is 8.46. The van der Waals surface area contributed by atoms with Crippen molar-refractivity contribution in [3.05, 3.63) is 64.6 Å². The van der Waals surface area contributed by atoms with Gasteiger partial charge in [0, 0.05) is 10.2 Å². The molecule has 2 aromatic rings. The Bertz CT molecular complexity index is 625. The topological polar surface area (TPSA) is 41.6 Å². The smallest absolute Gasteiger partial charge is 0.196 e. The fraction of sp³-hybridized carbons (Fsp3) is 0.188. The van der Waals surface area contributed by atoms with E-state index in [4.69, 9.17) is 5.73 Å². The normalized spacial score (nSPS) is 18.1. The van der Waals surface area contributed by atoms with Gasteiger partial charge in [0.05, 0.1) is 12.6 Å². The van der Waals surface area contributed by atoms with Crippen LogP contribution < -0.4 is 10.6 Å². The second kappa shape index (κ2) is 5.67. The number of nitrogens with two attached hydrogens (primary N) is 1. The molecule has 2 aromatic carbocycles. The molecule has 1 aliphatic rings. The molecule has 2 N–H and O–H groups in total. The van der Waals surface area contributed by atoms with Crippen molar-refractivity contribution < 1.29 is 0 Å². The first-order valence-electron chi connectivity index (χ1n) is 6.63. The van der Waals surface area contributed by atoms with E-state index in [0.29, 0.717) is 5.96 Å². The van der Waals surface area contributed by atoms with E-state index >= 15 is 0 Å². The Morgan fingerprint density at radius 2 is 1.95 bits per heavy atom. The number of guanidine groups is 1. The molecule has 1 atom stereocenters. The molecule has 3 rings (SSSR count). The van der Waals surface area contributed by atoms with Gasteiger partial charge in [0.2, 0.25) is 0 Å². The van der Waals surface area contributed by atoms with E-state index in [1.165, 1.54) is 5.56 Å². The molecule has 0 aliphatic carbocycles. The Balaban J connectivity index is 1.85. The van der Waals surface area contributed by atoms with Crippen LogP contribution in [-0.4, -0.2) is 18.5 Å². The molecule has 4 heteroatoms. The zero-order chi connectivity index (χ0) is 13.9. The third-order valence-corrected chi connectivity index (χ3v) is 3.97. The second-order valence-electron chi connectivity index (χ2n) is 4.89. The Morgan fingerprint density at radius 3 is 2.70 bits per heavy atom. The van der Waals surface area contributed by atoms with Gasteiger partial charge in [-0.1, -0.05) is 52.3 Å². The molecule has 0 bridgehead atoms. The van der Waals surface area contributed by atoms with Gasteiger partial charge in [0.15, 0.2) is 5.96 Å². The second-order valence-corrected chi connectivity index (χ2v) is 5.81. The van der Waals surface area contributed by atoms with Gasteiger partial charge in [-0.25, -0.2) is 0 Å². The van der Waals surface area contributed by atoms with E-state index in [1.54, 1.807) is 0 Å². The van der Waals surface area contributed by atoms with E-state index in [9.17, 15) is 0 Å². The largest absolute Gasteiger partial charge is 0.370 e. The van der Waals surface area contributed by atoms with Crippen molar-refractivity contribution in [1.82, 2.24) is 0 Å². The molecular formula is C16H16BrN3. The van der Waals surface area contributed by atoms with Gasteiger partial charge >= 0.3 is 0 Å². The standard InChI is InChI=1S/C16H16BrN3/c17-13-7-4-8-14(10-13)20-15(11-19-16(20)18)9-12-5-2-1-3-6-12/h1-8,10,15H,9,11H2,(H2,18,19). The fourth-order valence-corrected chi connectivity index (χ4v) is 2.94. The predicted molar refractivity (Wildman–Crippen MR) is 87.0 cm³/mol. The number of halogens is 1. The molecule has 0 amide bonds. The maximum atomic E-state index is 6.07. The van der Waals surface area contributed by atoms with Crippen molar-refractivity contribution in [2.75, 3.05) is 11.4 Å². The highest BCUT2D eigenvalue weighted by Crippen LogP contribution is 2.25. The minimum absolute atomic E-state index is 0.284. The van der Waals surface area contributed by atoms with Crippen molar-refractivity contribution in [2.45, 2.75) is 12.5 Å². The van der Waals surface area contributed by atoms with Crippen LogP contribution in [0.5, 0.6) is 0 Å². The van der Waals surface area contributed by atoms with Gasteiger partial charge < -0.3 is 10.6 Å². The van der Waals surface area contributed by atoms with E-state index in [0.717, 1.165) is 23.1 Å². The highest BCUT2D eigenvalue weighted by Gasteiger charge is 2.27. The molecule has 0 saturated carbocycles. The summed E-state index contributed by atoms with van der Waals surface area (Å²) < 4.78 is 1.05. The first-order valence-corrected chi connectivity index (χ1v) is 7.42. The quantitative estimate of drug-likeness (QED) is 0.939. The van der Waals surface area contributed by atoms with Crippen LogP contribution in [0.3, 0.4) is 0 Å². The summed E-state index contributed by atoms with van der Waals surface area (Å²) in [6.45, 7) is 0.743. The van der Waals surface area contributed by atoms with Crippen LogP contribution in [0.25, 0.3) is 0 Å². The monoisotopic (exact) mass is 329 g/mol. The lowest BCUT2D eigenvalue weighted by molar-refractivity contribution is 0.704. The summed E-state index contributed by atoms with van der Waals surface area (Å²) in [4.78, 5) is 6.53. The van der Waals surface area contributed by atoms with Crippen LogP contribution in [0, 0.1) is 0 Å². The van der Waals surface area contributed by atoms with E-state index in [1.807, 2.05) is 18.2 Å². The molecule has 0 radical (unpaired) electrons. The molecule has 102 valence electrons. The molecular weight excluding hydrogens is 314 g/mol. The lowest BCUT2D eigenvalue weighted by Gasteiger charge is -2.26. The lowest BCUT2D eigenvalue weighted by Crippen LogP contribution is -2.42. The maximum Gasteiger partial charge on any atom is 0.196 e. The number of hydrogen-bond acceptors (Lipinski definition) is 3. The molecule has 0 saturated heterocycles. The number of anilines is 1. The summed E-state index contributed by atoms with van der Waals surface area (Å²) in [5.74, 6) is 0.601. The Morgan fingerprint density at radius 1 is 1.15 bits per heavy atom.